The third kappa shape index (κ3) is 2.12. The Morgan fingerprint density at radius 3 is 2.78 bits per heavy atom. The summed E-state index contributed by atoms with van der Waals surface area (Å²) in [6, 6.07) is 4.31. The van der Waals surface area contributed by atoms with Gasteiger partial charge in [0, 0.05) is 24.7 Å². The first-order valence-electron chi connectivity index (χ1n) is 5.57. The molecule has 0 spiro atoms. The minimum absolute atomic E-state index is 0.0506. The first-order valence-corrected chi connectivity index (χ1v) is 5.57. The number of nitrogens with two attached hydrogens (primary N) is 2. The molecule has 18 heavy (non-hydrogen) atoms. The van der Waals surface area contributed by atoms with Crippen LogP contribution >= 0.6 is 0 Å². The smallest absolute Gasteiger partial charge is 0.295 e. The van der Waals surface area contributed by atoms with Gasteiger partial charge in [-0.05, 0) is 24.6 Å². The molecular weight excluding hydrogens is 236 g/mol. The van der Waals surface area contributed by atoms with E-state index in [9.17, 15) is 14.9 Å². The number of hydrogen-bond donors (Lipinski definition) is 2. The van der Waals surface area contributed by atoms with Crippen LogP contribution < -0.4 is 16.4 Å². The zero-order chi connectivity index (χ0) is 13.3. The van der Waals surface area contributed by atoms with Crippen molar-refractivity contribution in [1.29, 1.82) is 0 Å². The van der Waals surface area contributed by atoms with Crippen LogP contribution in [0.15, 0.2) is 18.2 Å². The molecule has 4 N–H and O–H groups in total. The summed E-state index contributed by atoms with van der Waals surface area (Å²) in [5.41, 5.74) is 11.5. The lowest BCUT2D eigenvalue weighted by molar-refractivity contribution is -0.384. The van der Waals surface area contributed by atoms with E-state index < -0.39 is 4.92 Å². The second-order valence-electron chi connectivity index (χ2n) is 4.32. The van der Waals surface area contributed by atoms with Crippen LogP contribution in [0.1, 0.15) is 6.42 Å². The van der Waals surface area contributed by atoms with E-state index in [0.29, 0.717) is 25.2 Å². The minimum atomic E-state index is -0.533. The molecule has 7 nitrogen and oxygen atoms in total. The maximum absolute atomic E-state index is 11.8. The molecule has 0 saturated carbocycles. The molecule has 0 aliphatic carbocycles. The number of amides is 1. The zero-order valence-corrected chi connectivity index (χ0v) is 9.70. The monoisotopic (exact) mass is 250 g/mol. The molecule has 1 aromatic rings. The van der Waals surface area contributed by atoms with Crippen molar-refractivity contribution in [1.82, 2.24) is 0 Å². The summed E-state index contributed by atoms with van der Waals surface area (Å²) < 4.78 is 0. The van der Waals surface area contributed by atoms with Crippen molar-refractivity contribution in [2.75, 3.05) is 23.7 Å². The summed E-state index contributed by atoms with van der Waals surface area (Å²) in [6.07, 6.45) is 0.331. The summed E-state index contributed by atoms with van der Waals surface area (Å²) in [4.78, 5) is 23.7. The topological polar surface area (TPSA) is 115 Å². The van der Waals surface area contributed by atoms with Crippen molar-refractivity contribution < 1.29 is 9.72 Å². The van der Waals surface area contributed by atoms with Crippen LogP contribution in [0.25, 0.3) is 0 Å². The Morgan fingerprint density at radius 2 is 2.22 bits per heavy atom. The second kappa shape index (κ2) is 4.61. The van der Waals surface area contributed by atoms with E-state index in [1.54, 1.807) is 6.07 Å². The molecule has 1 amide bonds. The number of carbonyl (C=O) groups excluding carboxylic acids is 1. The maximum atomic E-state index is 11.8. The molecule has 1 heterocycles. The fraction of sp³-hybridized carbons (Fsp3) is 0.364. The average molecular weight is 250 g/mol. The van der Waals surface area contributed by atoms with Crippen LogP contribution in [0.3, 0.4) is 0 Å². The zero-order valence-electron chi connectivity index (χ0n) is 9.70. The van der Waals surface area contributed by atoms with E-state index in [1.165, 1.54) is 17.0 Å². The van der Waals surface area contributed by atoms with Crippen LogP contribution in [0, 0.1) is 16.0 Å². The predicted octanol–water partition coefficient (Wildman–Crippen LogP) is 0.489. The Hall–Kier alpha value is -2.15. The number of nitro benzene ring substituents is 1. The van der Waals surface area contributed by atoms with Crippen LogP contribution in [0.2, 0.25) is 0 Å². The van der Waals surface area contributed by atoms with Gasteiger partial charge in [-0.2, -0.15) is 0 Å². The van der Waals surface area contributed by atoms with Gasteiger partial charge in [-0.1, -0.05) is 0 Å². The van der Waals surface area contributed by atoms with Crippen LogP contribution in [-0.2, 0) is 4.79 Å². The lowest BCUT2D eigenvalue weighted by Crippen LogP contribution is -2.26. The van der Waals surface area contributed by atoms with E-state index in [1.807, 2.05) is 0 Å². The first-order chi connectivity index (χ1) is 8.52. The third-order valence-electron chi connectivity index (χ3n) is 3.03. The van der Waals surface area contributed by atoms with Gasteiger partial charge in [0.15, 0.2) is 0 Å². The van der Waals surface area contributed by atoms with Gasteiger partial charge in [0.25, 0.3) is 5.69 Å². The van der Waals surface area contributed by atoms with Crippen LogP contribution in [-0.4, -0.2) is 23.9 Å². The Kier molecular flexibility index (Phi) is 3.15. The number of nitro groups is 1. The Balaban J connectivity index is 2.39. The van der Waals surface area contributed by atoms with Gasteiger partial charge < -0.3 is 16.4 Å². The van der Waals surface area contributed by atoms with Crippen molar-refractivity contribution in [2.45, 2.75) is 6.42 Å². The van der Waals surface area contributed by atoms with Gasteiger partial charge in [0.05, 0.1) is 4.92 Å². The van der Waals surface area contributed by atoms with Crippen molar-refractivity contribution in [3.63, 3.8) is 0 Å². The SMILES string of the molecule is NCC1CC(=O)N(c2ccc(N)cc2[N+](=O)[O-])C1. The van der Waals surface area contributed by atoms with E-state index in [2.05, 4.69) is 0 Å². The molecule has 0 aromatic heterocycles. The molecule has 2 rings (SSSR count). The molecular formula is C11H14N4O3. The van der Waals surface area contributed by atoms with Crippen molar-refractivity contribution in [2.24, 2.45) is 11.7 Å². The van der Waals surface area contributed by atoms with Gasteiger partial charge >= 0.3 is 0 Å². The lowest BCUT2D eigenvalue weighted by Gasteiger charge is -2.16. The van der Waals surface area contributed by atoms with Gasteiger partial charge in [-0.25, -0.2) is 0 Å². The Bertz CT molecular complexity index is 503. The second-order valence-corrected chi connectivity index (χ2v) is 4.32. The Morgan fingerprint density at radius 1 is 1.50 bits per heavy atom. The molecule has 1 unspecified atom stereocenters. The quantitative estimate of drug-likeness (QED) is 0.460. The highest BCUT2D eigenvalue weighted by Gasteiger charge is 2.33. The number of nitrogens with zero attached hydrogens (tertiary/aromatic N) is 2. The minimum Gasteiger partial charge on any atom is -0.399 e. The highest BCUT2D eigenvalue weighted by molar-refractivity contribution is 5.98. The van der Waals surface area contributed by atoms with E-state index >= 15 is 0 Å². The molecule has 0 radical (unpaired) electrons. The molecule has 1 fully saturated rings. The molecule has 1 aliphatic heterocycles. The number of anilines is 2. The van der Waals surface area contributed by atoms with Gasteiger partial charge in [-0.3, -0.25) is 14.9 Å². The van der Waals surface area contributed by atoms with Gasteiger partial charge in [-0.15, -0.1) is 0 Å². The van der Waals surface area contributed by atoms with Crippen LogP contribution in [0.4, 0.5) is 17.1 Å². The van der Waals surface area contributed by atoms with E-state index in [-0.39, 0.29) is 23.2 Å². The van der Waals surface area contributed by atoms with E-state index in [4.69, 9.17) is 11.5 Å². The van der Waals surface area contributed by atoms with Crippen molar-refractivity contribution in [3.8, 4) is 0 Å². The number of rotatable bonds is 3. The predicted molar refractivity (Wildman–Crippen MR) is 67.0 cm³/mol. The van der Waals surface area contributed by atoms with Gasteiger partial charge in [0.2, 0.25) is 5.91 Å². The summed E-state index contributed by atoms with van der Waals surface area (Å²) in [6.45, 7) is 0.811. The fourth-order valence-corrected chi connectivity index (χ4v) is 2.09. The number of hydrogen-bond acceptors (Lipinski definition) is 5. The van der Waals surface area contributed by atoms with Crippen molar-refractivity contribution >= 4 is 23.0 Å². The third-order valence-corrected chi connectivity index (χ3v) is 3.03. The largest absolute Gasteiger partial charge is 0.399 e. The Labute approximate surface area is 104 Å². The lowest BCUT2D eigenvalue weighted by atomic mass is 10.1. The summed E-state index contributed by atoms with van der Waals surface area (Å²) in [7, 11) is 0. The highest BCUT2D eigenvalue weighted by Crippen LogP contribution is 2.33. The fourth-order valence-electron chi connectivity index (χ4n) is 2.09. The molecule has 1 aromatic carbocycles. The van der Waals surface area contributed by atoms with Crippen LogP contribution in [0.5, 0.6) is 0 Å². The normalized spacial score (nSPS) is 19.3. The molecule has 7 heteroatoms. The molecule has 1 atom stereocenters. The number of carbonyl (C=O) groups is 1. The molecule has 0 bridgehead atoms. The molecule has 1 aliphatic rings. The highest BCUT2D eigenvalue weighted by atomic mass is 16.6. The molecule has 1 saturated heterocycles. The van der Waals surface area contributed by atoms with Crippen molar-refractivity contribution in [3.05, 3.63) is 28.3 Å². The first kappa shape index (κ1) is 12.3. The number of nitrogen functional groups attached to an aromatic ring is 1. The van der Waals surface area contributed by atoms with Gasteiger partial charge in [0.1, 0.15) is 5.69 Å². The maximum Gasteiger partial charge on any atom is 0.295 e. The summed E-state index contributed by atoms with van der Waals surface area (Å²) >= 11 is 0. The van der Waals surface area contributed by atoms with E-state index in [0.717, 1.165) is 0 Å². The summed E-state index contributed by atoms with van der Waals surface area (Å²) in [5, 5.41) is 11.0. The molecule has 96 valence electrons. The summed E-state index contributed by atoms with van der Waals surface area (Å²) in [5.74, 6) is -0.0898. The average Bonchev–Trinajstić information content (AvgIpc) is 2.70. The number of benzene rings is 1. The standard InChI is InChI=1S/C11H14N4O3/c12-5-7-3-11(16)14(6-7)9-2-1-8(13)4-10(9)15(17)18/h1-2,4,7H,3,5-6,12-13H2.